The number of amidine groups is 2. The maximum Gasteiger partial charge on any atom is 0.257 e. The number of nitrogens with one attached hydrogen (secondary N) is 6. The summed E-state index contributed by atoms with van der Waals surface area (Å²) in [6.07, 6.45) is 5.92. The number of hydrogen-bond acceptors (Lipinski definition) is 15. The molecule has 1 aliphatic rings. The van der Waals surface area contributed by atoms with Gasteiger partial charge in [0.05, 0.1) is 15.1 Å². The Labute approximate surface area is 537 Å². The Hall–Kier alpha value is -10.9. The van der Waals surface area contributed by atoms with Gasteiger partial charge in [-0.1, -0.05) is 126 Å². The van der Waals surface area contributed by atoms with Gasteiger partial charge in [-0.2, -0.15) is 0 Å². The fraction of sp³-hybridized carbons (Fsp3) is 0.118. The largest absolute Gasteiger partial charge is 0.508 e. The Morgan fingerprint density at radius 2 is 0.736 bits per heavy atom. The molecule has 0 unspecified atom stereocenters. The van der Waals surface area contributed by atoms with E-state index in [4.69, 9.17) is 56.8 Å². The first-order valence-corrected chi connectivity index (χ1v) is 29.1. The van der Waals surface area contributed by atoms with Crippen LogP contribution in [0.15, 0.2) is 182 Å². The van der Waals surface area contributed by atoms with E-state index in [1.165, 1.54) is 61.1 Å². The number of aromatic hydroxyl groups is 3. The van der Waals surface area contributed by atoms with E-state index < -0.39 is 17.7 Å². The minimum absolute atomic E-state index is 0.0977. The number of anilines is 3. The van der Waals surface area contributed by atoms with Crippen LogP contribution in [-0.4, -0.2) is 101 Å². The van der Waals surface area contributed by atoms with Crippen LogP contribution in [0.25, 0.3) is 0 Å². The highest BCUT2D eigenvalue weighted by atomic mass is 35.5. The average molecular weight is 1280 g/mol. The first-order chi connectivity index (χ1) is 43.6. The molecule has 0 spiro atoms. The van der Waals surface area contributed by atoms with Gasteiger partial charge in [0.25, 0.3) is 17.7 Å². The zero-order chi connectivity index (χ0) is 65.3. The molecule has 0 saturated carbocycles. The number of amides is 3. The number of phenolic OH excluding ortho intramolecular Hbond substituents is 3. The van der Waals surface area contributed by atoms with E-state index in [2.05, 4.69) is 30.9 Å². The molecule has 3 amide bonds. The molecule has 3 aromatic heterocycles. The lowest BCUT2D eigenvalue weighted by Gasteiger charge is -2.18. The predicted octanol–water partition coefficient (Wildman–Crippen LogP) is 12.4. The Kier molecular flexibility index (Phi) is 22.4. The molecule has 0 aliphatic carbocycles. The van der Waals surface area contributed by atoms with Crippen LogP contribution in [0.5, 0.6) is 17.2 Å². The summed E-state index contributed by atoms with van der Waals surface area (Å²) in [5.74, 6) is -1.43. The predicted molar refractivity (Wildman–Crippen MR) is 351 cm³/mol. The minimum Gasteiger partial charge on any atom is -0.508 e. The Morgan fingerprint density at radius 1 is 0.440 bits per heavy atom. The highest BCUT2D eigenvalue weighted by Gasteiger charge is 2.24. The molecule has 11 N–H and O–H groups in total. The third-order valence-electron chi connectivity index (χ3n) is 14.2. The number of phenols is 3. The molecule has 4 heterocycles. The number of halogens is 3. The molecule has 91 heavy (non-hydrogen) atoms. The lowest BCUT2D eigenvalue weighted by molar-refractivity contribution is 0.0979. The molecule has 1 aliphatic heterocycles. The molecule has 6 aromatic carbocycles. The van der Waals surface area contributed by atoms with Crippen molar-refractivity contribution in [2.24, 2.45) is 5.73 Å². The zero-order valence-electron chi connectivity index (χ0n) is 48.6. The highest BCUT2D eigenvalue weighted by Crippen LogP contribution is 2.28. The average Bonchev–Trinajstić information content (AvgIpc) is 1.23. The fourth-order valence-corrected chi connectivity index (χ4v) is 9.62. The van der Waals surface area contributed by atoms with Gasteiger partial charge < -0.3 is 47.3 Å². The Balaban J connectivity index is 0.000000176. The highest BCUT2D eigenvalue weighted by molar-refractivity contribution is 6.31. The number of nitrogen functional groups attached to an aromatic ring is 1. The first-order valence-electron chi connectivity index (χ1n) is 28.0. The van der Waals surface area contributed by atoms with Gasteiger partial charge in [0.15, 0.2) is 17.3 Å². The summed E-state index contributed by atoms with van der Waals surface area (Å²) < 4.78 is 0. The Morgan fingerprint density at radius 3 is 1.02 bits per heavy atom. The standard InChI is InChI=1S/C25H23ClN4O3.C22H18ClN3O3.C21H17ClN4O3/c26-18-10-11-23(28-15-18)29-25(33)19-4-3-5-21(31)20(19)14-22(32)16-6-8-17(9-7-16)24(27)30-12-1-2-13-30;1-13(24)14-5-7-15(8-6-14)20(28)11-18-17(3-2-4-19(18)27)22(29)26-21-10-9-16(23)12-25-21;22-14-8-9-19(25-11-14)26-21(29)15-2-1-3-17(27)16(15)10-18(28)12-4-6-13(7-5-12)20(23)24/h3-11,15,27,31H,1-2,12-14H2,(H,28,29,33);2-10,12,24,27H,11H2,1H3,(H,25,26,29);1-9,11,27H,10H2,(H3,23,24)(H,25,26,29). The van der Waals surface area contributed by atoms with Crippen LogP contribution in [0.3, 0.4) is 0 Å². The van der Waals surface area contributed by atoms with Gasteiger partial charge in [-0.15, -0.1) is 0 Å². The van der Waals surface area contributed by atoms with Crippen molar-refractivity contribution in [2.45, 2.75) is 39.0 Å². The molecule has 460 valence electrons. The van der Waals surface area contributed by atoms with Crippen molar-refractivity contribution in [1.82, 2.24) is 19.9 Å². The van der Waals surface area contributed by atoms with Crippen LogP contribution in [0.4, 0.5) is 17.5 Å². The van der Waals surface area contributed by atoms with Crippen LogP contribution in [0, 0.1) is 16.2 Å². The minimum atomic E-state index is -0.509. The first kappa shape index (κ1) is 66.0. The lowest BCUT2D eigenvalue weighted by Crippen LogP contribution is -2.27. The van der Waals surface area contributed by atoms with E-state index in [1.54, 1.807) is 128 Å². The van der Waals surface area contributed by atoms with Crippen molar-refractivity contribution in [3.8, 4) is 17.2 Å². The van der Waals surface area contributed by atoms with Crippen LogP contribution < -0.4 is 21.7 Å². The van der Waals surface area contributed by atoms with Gasteiger partial charge in [-0.25, -0.2) is 15.0 Å². The number of pyridine rings is 3. The smallest absolute Gasteiger partial charge is 0.257 e. The maximum absolute atomic E-state index is 12.9. The number of carbonyl (C=O) groups is 6. The maximum atomic E-state index is 12.9. The van der Waals surface area contributed by atoms with E-state index in [0.717, 1.165) is 37.1 Å². The molecular formula is C68H58Cl3N11O9. The monoisotopic (exact) mass is 1280 g/mol. The normalized spacial score (nSPS) is 11.4. The van der Waals surface area contributed by atoms with Crippen molar-refractivity contribution < 1.29 is 44.1 Å². The van der Waals surface area contributed by atoms with Gasteiger partial charge in [-0.05, 0) is 98.1 Å². The number of Topliss-reactive ketones (excluding diaryl/α,β-unsaturated/α-hetero) is 3. The van der Waals surface area contributed by atoms with Crippen LogP contribution in [0.1, 0.15) is 115 Å². The summed E-state index contributed by atoms with van der Waals surface area (Å²) in [7, 11) is 0. The molecule has 10 rings (SSSR count). The van der Waals surface area contributed by atoms with Crippen LogP contribution in [-0.2, 0) is 19.3 Å². The van der Waals surface area contributed by atoms with Gasteiger partial charge in [0.1, 0.15) is 46.4 Å². The van der Waals surface area contributed by atoms with Crippen molar-refractivity contribution >= 4 is 105 Å². The molecule has 23 heteroatoms. The SMILES string of the molecule is CC(=N)c1ccc(C(=O)Cc2c(O)cccc2C(=O)Nc2ccc(Cl)cn2)cc1.N=C(N)c1ccc(C(=O)Cc2c(O)cccc2C(=O)Nc2ccc(Cl)cn2)cc1.N=C(c1ccc(C(=O)Cc2c(O)cccc2C(=O)Nc2ccc(Cl)cn2)cc1)N1CCCC1. The third kappa shape index (κ3) is 17.9. The van der Waals surface area contributed by atoms with Crippen molar-refractivity contribution in [2.75, 3.05) is 29.0 Å². The molecule has 0 atom stereocenters. The van der Waals surface area contributed by atoms with E-state index in [1.807, 2.05) is 4.90 Å². The van der Waals surface area contributed by atoms with E-state index >= 15 is 0 Å². The van der Waals surface area contributed by atoms with Crippen molar-refractivity contribution in [1.29, 1.82) is 16.2 Å². The molecule has 0 radical (unpaired) electrons. The van der Waals surface area contributed by atoms with Crippen molar-refractivity contribution in [3.05, 3.63) is 264 Å². The van der Waals surface area contributed by atoms with Crippen LogP contribution >= 0.6 is 34.8 Å². The van der Waals surface area contributed by atoms with Crippen LogP contribution in [0.2, 0.25) is 15.1 Å². The van der Waals surface area contributed by atoms with Gasteiger partial charge in [-0.3, -0.25) is 39.6 Å². The summed E-state index contributed by atoms with van der Waals surface area (Å²) in [5, 5.41) is 63.5. The molecule has 1 fully saturated rings. The second kappa shape index (κ2) is 30.8. The molecule has 20 nitrogen and oxygen atoms in total. The quantitative estimate of drug-likeness (QED) is 0.0217. The molecular weight excluding hydrogens is 1220 g/mol. The summed E-state index contributed by atoms with van der Waals surface area (Å²) in [5.41, 5.74) is 10.3. The van der Waals surface area contributed by atoms with Crippen molar-refractivity contribution in [3.63, 3.8) is 0 Å². The number of likely N-dealkylation sites (tertiary alicyclic amines) is 1. The van der Waals surface area contributed by atoms with Gasteiger partial charge in [0.2, 0.25) is 0 Å². The number of aromatic nitrogens is 3. The van der Waals surface area contributed by atoms with Gasteiger partial charge in [0, 0.05) is 118 Å². The summed E-state index contributed by atoms with van der Waals surface area (Å²) in [6, 6.07) is 42.7. The molecule has 1 saturated heterocycles. The Bertz CT molecular complexity index is 4030. The number of benzene rings is 6. The second-order valence-corrected chi connectivity index (χ2v) is 21.8. The molecule has 0 bridgehead atoms. The van der Waals surface area contributed by atoms with Gasteiger partial charge >= 0.3 is 0 Å². The number of carbonyl (C=O) groups excluding carboxylic acids is 6. The number of hydrogen-bond donors (Lipinski definition) is 10. The second-order valence-electron chi connectivity index (χ2n) is 20.5. The summed E-state index contributed by atoms with van der Waals surface area (Å²) in [4.78, 5) is 90.5. The third-order valence-corrected chi connectivity index (χ3v) is 14.8. The lowest BCUT2D eigenvalue weighted by atomic mass is 9.96. The number of ketones is 3. The summed E-state index contributed by atoms with van der Waals surface area (Å²) in [6.45, 7) is 3.42. The molecule has 9 aromatic rings. The zero-order valence-corrected chi connectivity index (χ0v) is 50.8. The van der Waals surface area contributed by atoms with E-state index in [-0.39, 0.29) is 93.1 Å². The summed E-state index contributed by atoms with van der Waals surface area (Å²) >= 11 is 17.4. The number of nitrogens with zero attached hydrogens (tertiary/aromatic N) is 4. The number of nitrogens with two attached hydrogens (primary N) is 1. The van der Waals surface area contributed by atoms with E-state index in [0.29, 0.717) is 66.3 Å². The van der Waals surface area contributed by atoms with E-state index in [9.17, 15) is 44.1 Å². The fourth-order valence-electron chi connectivity index (χ4n) is 9.29. The topological polar surface area (TPSA) is 339 Å². The number of rotatable bonds is 18.